The molecule has 2 rings (SSSR count). The monoisotopic (exact) mass is 273 g/mol. The third-order valence-corrected chi connectivity index (χ3v) is 2.86. The van der Waals surface area contributed by atoms with Gasteiger partial charge in [0.1, 0.15) is 0 Å². The summed E-state index contributed by atoms with van der Waals surface area (Å²) >= 11 is 0. The highest BCUT2D eigenvalue weighted by molar-refractivity contribution is 5.98. The smallest absolute Gasteiger partial charge is 0.267 e. The summed E-state index contributed by atoms with van der Waals surface area (Å²) in [5.74, 6) is -0.346. The number of amides is 1. The van der Waals surface area contributed by atoms with E-state index in [1.54, 1.807) is 32.3 Å². The summed E-state index contributed by atoms with van der Waals surface area (Å²) in [6.07, 6.45) is 3.30. The molecule has 104 valence electrons. The van der Waals surface area contributed by atoms with Crippen molar-refractivity contribution in [2.24, 2.45) is 5.10 Å². The van der Waals surface area contributed by atoms with Gasteiger partial charge < -0.3 is 5.10 Å². The molecule has 0 unspecified atom stereocenters. The summed E-state index contributed by atoms with van der Waals surface area (Å²) in [6, 6.07) is 3.64. The minimum absolute atomic E-state index is 0.0194. The Morgan fingerprint density at radius 3 is 2.85 bits per heavy atom. The Hall–Kier alpha value is -2.70. The van der Waals surface area contributed by atoms with Gasteiger partial charge in [-0.05, 0) is 19.9 Å². The highest BCUT2D eigenvalue weighted by Gasteiger charge is 2.11. The number of pyridine rings is 1. The molecule has 7 nitrogen and oxygen atoms in total. The second kappa shape index (κ2) is 5.96. The summed E-state index contributed by atoms with van der Waals surface area (Å²) < 4.78 is 0. The second-order valence-electron chi connectivity index (χ2n) is 4.33. The summed E-state index contributed by atoms with van der Waals surface area (Å²) in [5.41, 5.74) is 4.67. The van der Waals surface area contributed by atoms with E-state index in [2.05, 4.69) is 25.7 Å². The number of nitrogens with zero attached hydrogens (tertiary/aromatic N) is 2. The lowest BCUT2D eigenvalue weighted by molar-refractivity contribution is -0.120. The molecule has 20 heavy (non-hydrogen) atoms. The Labute approximate surface area is 115 Å². The van der Waals surface area contributed by atoms with Crippen LogP contribution < -0.4 is 11.0 Å². The van der Waals surface area contributed by atoms with Gasteiger partial charge in [-0.1, -0.05) is 6.07 Å². The molecule has 2 aromatic rings. The van der Waals surface area contributed by atoms with Crippen LogP contribution in [-0.4, -0.2) is 26.8 Å². The standard InChI is InChI=1S/C13H15N5O2/c1-8(10-4-3-5-14-7-10)15-17-12(19)6-11-9(2)16-18-13(11)20/h3-5,7H,6H2,1-2H3,(H,17,19)(H2,16,18,20)/b15-8+. The number of aromatic amines is 2. The van der Waals surface area contributed by atoms with Crippen LogP contribution in [0, 0.1) is 6.92 Å². The maximum atomic E-state index is 11.8. The van der Waals surface area contributed by atoms with Crippen molar-refractivity contribution >= 4 is 11.6 Å². The molecule has 0 radical (unpaired) electrons. The molecular formula is C13H15N5O2. The van der Waals surface area contributed by atoms with Crippen molar-refractivity contribution in [1.82, 2.24) is 20.6 Å². The quantitative estimate of drug-likeness (QED) is 0.558. The molecule has 7 heteroatoms. The maximum Gasteiger partial charge on any atom is 0.267 e. The Balaban J connectivity index is 2.01. The van der Waals surface area contributed by atoms with Gasteiger partial charge in [0, 0.05) is 29.2 Å². The number of aryl methyl sites for hydroxylation is 1. The second-order valence-corrected chi connectivity index (χ2v) is 4.33. The summed E-state index contributed by atoms with van der Waals surface area (Å²) in [6.45, 7) is 3.50. The van der Waals surface area contributed by atoms with Crippen LogP contribution in [-0.2, 0) is 11.2 Å². The van der Waals surface area contributed by atoms with Crippen molar-refractivity contribution in [1.29, 1.82) is 0 Å². The minimum atomic E-state index is -0.346. The van der Waals surface area contributed by atoms with Gasteiger partial charge in [0.2, 0.25) is 5.91 Å². The minimum Gasteiger partial charge on any atom is -0.302 e. The summed E-state index contributed by atoms with van der Waals surface area (Å²) in [5, 5.41) is 9.09. The van der Waals surface area contributed by atoms with Crippen LogP contribution in [0.15, 0.2) is 34.4 Å². The molecule has 3 N–H and O–H groups in total. The van der Waals surface area contributed by atoms with Crippen LogP contribution in [0.3, 0.4) is 0 Å². The number of carbonyl (C=O) groups excluding carboxylic acids is 1. The number of hydrazone groups is 1. The number of hydrogen-bond acceptors (Lipinski definition) is 4. The van der Waals surface area contributed by atoms with Gasteiger partial charge in [-0.3, -0.25) is 19.7 Å². The molecule has 0 fully saturated rings. The summed E-state index contributed by atoms with van der Waals surface area (Å²) in [7, 11) is 0. The average molecular weight is 273 g/mol. The number of nitrogens with one attached hydrogen (secondary N) is 3. The molecule has 0 aliphatic carbocycles. The Kier molecular flexibility index (Phi) is 4.09. The average Bonchev–Trinajstić information content (AvgIpc) is 2.77. The van der Waals surface area contributed by atoms with E-state index < -0.39 is 0 Å². The van der Waals surface area contributed by atoms with Gasteiger partial charge in [0.05, 0.1) is 12.1 Å². The van der Waals surface area contributed by atoms with Gasteiger partial charge in [-0.2, -0.15) is 5.10 Å². The lowest BCUT2D eigenvalue weighted by Crippen LogP contribution is -2.24. The van der Waals surface area contributed by atoms with Gasteiger partial charge >= 0.3 is 0 Å². The van der Waals surface area contributed by atoms with Crippen LogP contribution in [0.5, 0.6) is 0 Å². The number of rotatable bonds is 4. The first kappa shape index (κ1) is 13.7. The highest BCUT2D eigenvalue weighted by atomic mass is 16.2. The van der Waals surface area contributed by atoms with Gasteiger partial charge in [-0.25, -0.2) is 5.43 Å². The molecule has 1 amide bonds. The van der Waals surface area contributed by atoms with Crippen LogP contribution in [0.1, 0.15) is 23.7 Å². The first-order chi connectivity index (χ1) is 9.58. The molecule has 0 spiro atoms. The zero-order valence-electron chi connectivity index (χ0n) is 11.2. The SMILES string of the molecule is C/C(=N\NC(=O)Cc1c(C)[nH][nH]c1=O)c1cccnc1. The molecule has 0 atom stereocenters. The number of H-pyrrole nitrogens is 2. The Bertz CT molecular complexity index is 684. The van der Waals surface area contributed by atoms with Crippen LogP contribution in [0.25, 0.3) is 0 Å². The van der Waals surface area contributed by atoms with Crippen LogP contribution >= 0.6 is 0 Å². The van der Waals surface area contributed by atoms with Gasteiger partial charge in [0.15, 0.2) is 0 Å². The lowest BCUT2D eigenvalue weighted by Gasteiger charge is -2.02. The van der Waals surface area contributed by atoms with Crippen molar-refractivity contribution in [3.05, 3.63) is 51.7 Å². The first-order valence-electron chi connectivity index (χ1n) is 6.07. The van der Waals surface area contributed by atoms with Crippen molar-refractivity contribution in [3.8, 4) is 0 Å². The highest BCUT2D eigenvalue weighted by Crippen LogP contribution is 1.99. The Morgan fingerprint density at radius 2 is 2.25 bits per heavy atom. The fourth-order valence-corrected chi connectivity index (χ4v) is 1.67. The fourth-order valence-electron chi connectivity index (χ4n) is 1.67. The summed E-state index contributed by atoms with van der Waals surface area (Å²) in [4.78, 5) is 27.1. The van der Waals surface area contributed by atoms with Gasteiger partial charge in [0.25, 0.3) is 5.56 Å². The number of hydrogen-bond donors (Lipinski definition) is 3. The zero-order chi connectivity index (χ0) is 14.5. The van der Waals surface area contributed by atoms with E-state index in [0.29, 0.717) is 17.0 Å². The van der Waals surface area contributed by atoms with E-state index in [1.165, 1.54) is 0 Å². The normalized spacial score (nSPS) is 11.4. The van der Waals surface area contributed by atoms with E-state index in [1.807, 2.05) is 6.07 Å². The number of aromatic nitrogens is 3. The molecule has 2 heterocycles. The van der Waals surface area contributed by atoms with Gasteiger partial charge in [-0.15, -0.1) is 0 Å². The van der Waals surface area contributed by atoms with Crippen LogP contribution in [0.2, 0.25) is 0 Å². The zero-order valence-corrected chi connectivity index (χ0v) is 11.2. The van der Waals surface area contributed by atoms with Crippen molar-refractivity contribution in [2.75, 3.05) is 0 Å². The molecule has 0 aromatic carbocycles. The third kappa shape index (κ3) is 3.19. The Morgan fingerprint density at radius 1 is 1.45 bits per heavy atom. The van der Waals surface area contributed by atoms with Crippen molar-refractivity contribution < 1.29 is 4.79 Å². The van der Waals surface area contributed by atoms with E-state index in [4.69, 9.17) is 0 Å². The number of carbonyl (C=O) groups is 1. The molecular weight excluding hydrogens is 258 g/mol. The molecule has 0 aliphatic heterocycles. The van der Waals surface area contributed by atoms with Crippen molar-refractivity contribution in [2.45, 2.75) is 20.3 Å². The first-order valence-corrected chi connectivity index (χ1v) is 6.07. The third-order valence-electron chi connectivity index (χ3n) is 2.86. The molecule has 0 bridgehead atoms. The lowest BCUT2D eigenvalue weighted by atomic mass is 10.2. The van der Waals surface area contributed by atoms with E-state index in [-0.39, 0.29) is 17.9 Å². The van der Waals surface area contributed by atoms with Crippen LogP contribution in [0.4, 0.5) is 0 Å². The van der Waals surface area contributed by atoms with E-state index in [9.17, 15) is 9.59 Å². The fraction of sp³-hybridized carbons (Fsp3) is 0.231. The maximum absolute atomic E-state index is 11.8. The predicted octanol–water partition coefficient (Wildman–Crippen LogP) is 0.489. The predicted molar refractivity (Wildman–Crippen MR) is 74.4 cm³/mol. The molecule has 0 saturated heterocycles. The van der Waals surface area contributed by atoms with Crippen molar-refractivity contribution in [3.63, 3.8) is 0 Å². The molecule has 0 aliphatic rings. The van der Waals surface area contributed by atoms with E-state index in [0.717, 1.165) is 5.56 Å². The van der Waals surface area contributed by atoms with E-state index >= 15 is 0 Å². The molecule has 2 aromatic heterocycles. The largest absolute Gasteiger partial charge is 0.302 e. The molecule has 0 saturated carbocycles. The topological polar surface area (TPSA) is 103 Å².